The van der Waals surface area contributed by atoms with Crippen molar-refractivity contribution in [3.63, 3.8) is 0 Å². The first-order valence-corrected chi connectivity index (χ1v) is 20.1. The van der Waals surface area contributed by atoms with Gasteiger partial charge in [0.1, 0.15) is 23.6 Å². The Morgan fingerprint density at radius 1 is 0.889 bits per heavy atom. The van der Waals surface area contributed by atoms with Crippen LogP contribution < -0.4 is 0 Å². The van der Waals surface area contributed by atoms with Crippen molar-refractivity contribution in [3.8, 4) is 0 Å². The number of ketones is 1. The highest BCUT2D eigenvalue weighted by atomic mass is 16.7. The van der Waals surface area contributed by atoms with Crippen LogP contribution >= 0.6 is 0 Å². The third-order valence-electron chi connectivity index (χ3n) is 12.5. The second kappa shape index (κ2) is 18.8. The van der Waals surface area contributed by atoms with Gasteiger partial charge < -0.3 is 64.0 Å². The minimum Gasteiger partial charge on any atom is -0.389 e. The largest absolute Gasteiger partial charge is 0.389 e. The normalized spacial score (nSPS) is 49.3. The summed E-state index contributed by atoms with van der Waals surface area (Å²) in [6.45, 7) is 21.7. The Morgan fingerprint density at radius 2 is 1.50 bits per heavy atom. The van der Waals surface area contributed by atoms with Crippen molar-refractivity contribution in [2.45, 2.75) is 199 Å². The summed E-state index contributed by atoms with van der Waals surface area (Å²) in [6.07, 6.45) is -10.8. The fraction of sp³-hybridized carbons (Fsp3) is 0.975. The van der Waals surface area contributed by atoms with Gasteiger partial charge >= 0.3 is 0 Å². The Bertz CT molecular complexity index is 1190. The van der Waals surface area contributed by atoms with Crippen molar-refractivity contribution < 1.29 is 63.9 Å². The molecule has 6 N–H and O–H groups in total. The van der Waals surface area contributed by atoms with Crippen LogP contribution in [0.5, 0.6) is 0 Å². The highest BCUT2D eigenvalue weighted by Crippen LogP contribution is 2.41. The van der Waals surface area contributed by atoms with Gasteiger partial charge in [-0.05, 0) is 66.8 Å². The minimum absolute atomic E-state index is 0.114. The number of aliphatic hydroxyl groups excluding tert-OH is 4. The van der Waals surface area contributed by atoms with E-state index >= 15 is 0 Å². The SMILES string of the molecule is CC[C@H]1OC(O)[C@H](C)[C@@H](O[C@H]2C[C@@](C)(OC)[C@@H](O)[C@H](C)O2)[C@H](C)[C@@H](O[C@@H]2O[C@H](C)C[C@H](N(C)CC(C)C)[C@H]2O)[C@](C)(O)C[C@@H](C)C(=O)[C@H](C)[C@@H](O)[C@]1(C)O. The van der Waals surface area contributed by atoms with Crippen LogP contribution in [0.1, 0.15) is 109 Å². The first kappa shape index (κ1) is 47.5. The highest BCUT2D eigenvalue weighted by Gasteiger charge is 2.53. The second-order valence-electron chi connectivity index (χ2n) is 18.0. The lowest BCUT2D eigenvalue weighted by Crippen LogP contribution is -2.61. The monoisotopic (exact) mass is 778 g/mol. The number of likely N-dealkylation sites (N-methyl/N-ethyl adjacent to an activating group) is 1. The van der Waals surface area contributed by atoms with E-state index in [1.165, 1.54) is 21.0 Å². The van der Waals surface area contributed by atoms with E-state index in [-0.39, 0.29) is 37.2 Å². The molecule has 14 heteroatoms. The van der Waals surface area contributed by atoms with E-state index < -0.39 is 102 Å². The smallest absolute Gasteiger partial charge is 0.185 e. The fourth-order valence-electron chi connectivity index (χ4n) is 9.18. The molecule has 0 aromatic carbocycles. The molecule has 0 amide bonds. The van der Waals surface area contributed by atoms with E-state index in [0.717, 1.165) is 6.54 Å². The maximum absolute atomic E-state index is 13.9. The molecule has 54 heavy (non-hydrogen) atoms. The second-order valence-corrected chi connectivity index (χ2v) is 18.0. The zero-order chi connectivity index (χ0) is 41.2. The highest BCUT2D eigenvalue weighted by molar-refractivity contribution is 5.83. The maximum atomic E-state index is 13.9. The van der Waals surface area contributed by atoms with Crippen molar-refractivity contribution >= 4 is 5.78 Å². The number of aliphatic hydroxyl groups is 6. The molecule has 3 fully saturated rings. The Balaban J connectivity index is 2.18. The third kappa shape index (κ3) is 10.6. The molecule has 0 saturated carbocycles. The molecule has 0 aromatic rings. The van der Waals surface area contributed by atoms with Gasteiger partial charge in [0.05, 0.1) is 47.8 Å². The summed E-state index contributed by atoms with van der Waals surface area (Å²) in [6, 6.07) is -0.307. The summed E-state index contributed by atoms with van der Waals surface area (Å²) in [4.78, 5) is 16.0. The number of ether oxygens (including phenoxy) is 6. The fourth-order valence-corrected chi connectivity index (χ4v) is 9.18. The predicted molar refractivity (Wildman–Crippen MR) is 201 cm³/mol. The standard InChI is InChI=1S/C40H75NO13/c1-15-28-40(12,48)33(44)23(6)30(42)21(4)17-38(10,47)35(54-37-31(43)27(16-22(5)50-37)41(13)19-20(2)3)24(7)32(25(8)36(46)52-28)53-29-18-39(11,49-14)34(45)26(9)51-29/h20-29,31-37,43-48H,15-19H2,1-14H3/t21-,22-,23+,24+,25-,26+,27+,28-,29+,31-,32+,33-,34+,35-,36?,37+,38-,39-,40-/m1/s1. The quantitative estimate of drug-likeness (QED) is 0.200. The van der Waals surface area contributed by atoms with E-state index in [0.29, 0.717) is 12.3 Å². The molecule has 0 bridgehead atoms. The molecule has 3 aliphatic heterocycles. The first-order chi connectivity index (χ1) is 24.8. The van der Waals surface area contributed by atoms with Gasteiger partial charge in [0.2, 0.25) is 0 Å². The molecular formula is C40H75NO13. The van der Waals surface area contributed by atoms with E-state index in [4.69, 9.17) is 28.4 Å². The van der Waals surface area contributed by atoms with Gasteiger partial charge in [-0.1, -0.05) is 48.5 Å². The number of nitrogens with zero attached hydrogens (tertiary/aromatic N) is 1. The molecule has 0 aliphatic carbocycles. The lowest BCUT2D eigenvalue weighted by Gasteiger charge is -2.50. The maximum Gasteiger partial charge on any atom is 0.185 e. The predicted octanol–water partition coefficient (Wildman–Crippen LogP) is 2.60. The van der Waals surface area contributed by atoms with Crippen molar-refractivity contribution in [1.82, 2.24) is 4.90 Å². The van der Waals surface area contributed by atoms with Crippen LogP contribution in [0.2, 0.25) is 0 Å². The van der Waals surface area contributed by atoms with Crippen LogP contribution in [0.25, 0.3) is 0 Å². The average molecular weight is 778 g/mol. The number of methoxy groups -OCH3 is 1. The van der Waals surface area contributed by atoms with Gasteiger partial charge in [-0.15, -0.1) is 0 Å². The molecule has 3 rings (SSSR count). The Labute approximate surface area is 323 Å². The Kier molecular flexibility index (Phi) is 16.6. The summed E-state index contributed by atoms with van der Waals surface area (Å²) < 4.78 is 37.7. The number of carbonyl (C=O) groups is 1. The molecule has 0 spiro atoms. The molecule has 14 nitrogen and oxygen atoms in total. The third-order valence-corrected chi connectivity index (χ3v) is 12.5. The van der Waals surface area contributed by atoms with Crippen LogP contribution in [0.3, 0.4) is 0 Å². The zero-order valence-electron chi connectivity index (χ0n) is 35.3. The minimum atomic E-state index is -1.94. The number of hydrogen-bond acceptors (Lipinski definition) is 14. The van der Waals surface area contributed by atoms with Crippen molar-refractivity contribution in [1.29, 1.82) is 0 Å². The zero-order valence-corrected chi connectivity index (χ0v) is 35.3. The summed E-state index contributed by atoms with van der Waals surface area (Å²) in [5, 5.41) is 70.1. The van der Waals surface area contributed by atoms with Crippen LogP contribution in [-0.2, 0) is 33.2 Å². The average Bonchev–Trinajstić information content (AvgIpc) is 3.08. The number of rotatable bonds is 9. The van der Waals surface area contributed by atoms with E-state index in [1.54, 1.807) is 48.5 Å². The van der Waals surface area contributed by atoms with Crippen LogP contribution in [0.4, 0.5) is 0 Å². The van der Waals surface area contributed by atoms with Crippen molar-refractivity contribution in [2.75, 3.05) is 20.7 Å². The molecule has 19 atom stereocenters. The van der Waals surface area contributed by atoms with E-state index in [2.05, 4.69) is 18.7 Å². The summed E-state index contributed by atoms with van der Waals surface area (Å²) in [5.41, 5.74) is -4.74. The van der Waals surface area contributed by atoms with Crippen molar-refractivity contribution in [3.05, 3.63) is 0 Å². The van der Waals surface area contributed by atoms with Gasteiger partial charge in [0, 0.05) is 49.8 Å². The van der Waals surface area contributed by atoms with E-state index in [9.17, 15) is 35.4 Å². The Hall–Kier alpha value is -0.850. The number of hydrogen-bond donors (Lipinski definition) is 6. The first-order valence-electron chi connectivity index (χ1n) is 20.1. The van der Waals surface area contributed by atoms with Crippen LogP contribution in [0.15, 0.2) is 0 Å². The topological polar surface area (TPSA) is 197 Å². The van der Waals surface area contributed by atoms with Gasteiger partial charge in [-0.3, -0.25) is 4.79 Å². The van der Waals surface area contributed by atoms with Gasteiger partial charge in [-0.2, -0.15) is 0 Å². The molecule has 3 heterocycles. The molecular weight excluding hydrogens is 702 g/mol. The number of carbonyl (C=O) groups excluding carboxylic acids is 1. The lowest BCUT2D eigenvalue weighted by atomic mass is 9.74. The molecule has 0 radical (unpaired) electrons. The van der Waals surface area contributed by atoms with Gasteiger partial charge in [0.15, 0.2) is 18.9 Å². The summed E-state index contributed by atoms with van der Waals surface area (Å²) in [5.74, 6) is -3.56. The Morgan fingerprint density at radius 3 is 2.06 bits per heavy atom. The van der Waals surface area contributed by atoms with Gasteiger partial charge in [0.25, 0.3) is 0 Å². The molecule has 0 aromatic heterocycles. The number of Topliss-reactive ketones (excluding diaryl/α,β-unsaturated/α-hetero) is 1. The molecule has 3 aliphatic rings. The summed E-state index contributed by atoms with van der Waals surface area (Å²) >= 11 is 0. The molecule has 1 unspecified atom stereocenters. The van der Waals surface area contributed by atoms with Crippen molar-refractivity contribution in [2.24, 2.45) is 29.6 Å². The lowest BCUT2D eigenvalue weighted by molar-refractivity contribution is -0.327. The summed E-state index contributed by atoms with van der Waals surface area (Å²) in [7, 11) is 3.45. The van der Waals surface area contributed by atoms with E-state index in [1.807, 2.05) is 14.0 Å². The van der Waals surface area contributed by atoms with Gasteiger partial charge in [-0.25, -0.2) is 0 Å². The molecule has 3 saturated heterocycles. The van der Waals surface area contributed by atoms with Crippen LogP contribution in [-0.4, -0.2) is 153 Å². The molecule has 318 valence electrons. The van der Waals surface area contributed by atoms with Crippen LogP contribution in [0, 0.1) is 29.6 Å².